The van der Waals surface area contributed by atoms with Crippen LogP contribution in [0.4, 0.5) is 0 Å². The molecule has 0 unspecified atom stereocenters. The Morgan fingerprint density at radius 2 is 2.00 bits per heavy atom. The molecule has 3 atom stereocenters. The van der Waals surface area contributed by atoms with E-state index in [1.54, 1.807) is 6.92 Å². The molecule has 0 amide bonds. The van der Waals surface area contributed by atoms with Gasteiger partial charge in [-0.2, -0.15) is 0 Å². The molecule has 1 aromatic rings. The Labute approximate surface area is 132 Å². The summed E-state index contributed by atoms with van der Waals surface area (Å²) in [5.74, 6) is -0.265. The summed E-state index contributed by atoms with van der Waals surface area (Å²) in [7, 11) is 0. The standard InChI is InChI=1S/C19H24O3/c1-4-22-17(21)19(3)15-10-9-13-7-5-6-8-14(13)18(15,2)12-11-16(19)20/h5-8,15H,4,9-12H2,1-3H3/t15-,18-,19-/m1/s1. The number of ketones is 1. The minimum absolute atomic E-state index is 0.0233. The van der Waals surface area contributed by atoms with E-state index >= 15 is 0 Å². The molecular weight excluding hydrogens is 276 g/mol. The fourth-order valence-electron chi connectivity index (χ4n) is 4.70. The van der Waals surface area contributed by atoms with Gasteiger partial charge in [0.25, 0.3) is 0 Å². The Morgan fingerprint density at radius 3 is 2.73 bits per heavy atom. The van der Waals surface area contributed by atoms with E-state index in [9.17, 15) is 9.59 Å². The third-order valence-electron chi connectivity index (χ3n) is 5.95. The summed E-state index contributed by atoms with van der Waals surface area (Å²) < 4.78 is 5.28. The van der Waals surface area contributed by atoms with Crippen LogP contribution >= 0.6 is 0 Å². The first-order chi connectivity index (χ1) is 10.4. The molecule has 0 radical (unpaired) electrons. The molecule has 3 rings (SSSR count). The monoisotopic (exact) mass is 300 g/mol. The molecule has 2 aliphatic carbocycles. The van der Waals surface area contributed by atoms with Gasteiger partial charge in [-0.15, -0.1) is 0 Å². The van der Waals surface area contributed by atoms with Crippen LogP contribution in [0.25, 0.3) is 0 Å². The highest BCUT2D eigenvalue weighted by Gasteiger charge is 2.59. The second-order valence-electron chi connectivity index (χ2n) is 7.01. The molecule has 1 saturated carbocycles. The second kappa shape index (κ2) is 5.22. The van der Waals surface area contributed by atoms with Crippen molar-refractivity contribution in [3.63, 3.8) is 0 Å². The van der Waals surface area contributed by atoms with Crippen LogP contribution in [0.5, 0.6) is 0 Å². The third-order valence-corrected chi connectivity index (χ3v) is 5.95. The number of rotatable bonds is 2. The fraction of sp³-hybridized carbons (Fsp3) is 0.579. The maximum Gasteiger partial charge on any atom is 0.319 e. The summed E-state index contributed by atoms with van der Waals surface area (Å²) in [6, 6.07) is 8.48. The SMILES string of the molecule is CCOC(=O)[C@@]1(C)C(=O)CC[C@]2(C)c3ccccc3CC[C@@H]12. The van der Waals surface area contributed by atoms with Gasteiger partial charge in [-0.1, -0.05) is 31.2 Å². The third kappa shape index (κ3) is 1.94. The van der Waals surface area contributed by atoms with Gasteiger partial charge in [0, 0.05) is 6.42 Å². The lowest BCUT2D eigenvalue weighted by atomic mass is 9.49. The molecule has 0 spiro atoms. The maximum absolute atomic E-state index is 12.6. The number of benzene rings is 1. The van der Waals surface area contributed by atoms with Crippen molar-refractivity contribution < 1.29 is 14.3 Å². The van der Waals surface area contributed by atoms with E-state index in [0.29, 0.717) is 13.0 Å². The average molecular weight is 300 g/mol. The molecule has 0 aromatic heterocycles. The van der Waals surface area contributed by atoms with Crippen molar-refractivity contribution in [2.24, 2.45) is 11.3 Å². The zero-order chi connectivity index (χ0) is 16.0. The van der Waals surface area contributed by atoms with Crippen molar-refractivity contribution in [2.75, 3.05) is 6.61 Å². The van der Waals surface area contributed by atoms with Gasteiger partial charge in [0.05, 0.1) is 6.61 Å². The first kappa shape index (κ1) is 15.3. The van der Waals surface area contributed by atoms with Crippen LogP contribution in [0.3, 0.4) is 0 Å². The van der Waals surface area contributed by atoms with Gasteiger partial charge in [-0.25, -0.2) is 0 Å². The summed E-state index contributed by atoms with van der Waals surface area (Å²) in [6.07, 6.45) is 3.08. The van der Waals surface area contributed by atoms with Crippen molar-refractivity contribution in [1.29, 1.82) is 0 Å². The quantitative estimate of drug-likeness (QED) is 0.621. The summed E-state index contributed by atoms with van der Waals surface area (Å²) in [5.41, 5.74) is 1.55. The summed E-state index contributed by atoms with van der Waals surface area (Å²) >= 11 is 0. The van der Waals surface area contributed by atoms with Crippen molar-refractivity contribution >= 4 is 11.8 Å². The molecule has 0 bridgehead atoms. The Hall–Kier alpha value is -1.64. The van der Waals surface area contributed by atoms with Crippen LogP contribution in [0.15, 0.2) is 24.3 Å². The van der Waals surface area contributed by atoms with Gasteiger partial charge in [0.15, 0.2) is 0 Å². The van der Waals surface area contributed by atoms with Crippen molar-refractivity contribution in [3.8, 4) is 0 Å². The average Bonchev–Trinajstić information content (AvgIpc) is 2.52. The largest absolute Gasteiger partial charge is 0.465 e. The Bertz CT molecular complexity index is 621. The smallest absolute Gasteiger partial charge is 0.319 e. The lowest BCUT2D eigenvalue weighted by molar-refractivity contribution is -0.169. The van der Waals surface area contributed by atoms with Crippen molar-refractivity contribution in [3.05, 3.63) is 35.4 Å². The first-order valence-corrected chi connectivity index (χ1v) is 8.23. The van der Waals surface area contributed by atoms with Gasteiger partial charge >= 0.3 is 5.97 Å². The van der Waals surface area contributed by atoms with Crippen LogP contribution < -0.4 is 0 Å². The normalized spacial score (nSPS) is 33.8. The first-order valence-electron chi connectivity index (χ1n) is 8.23. The van der Waals surface area contributed by atoms with Crippen LogP contribution in [-0.4, -0.2) is 18.4 Å². The van der Waals surface area contributed by atoms with E-state index in [-0.39, 0.29) is 23.1 Å². The van der Waals surface area contributed by atoms with Gasteiger partial charge in [-0.3, -0.25) is 9.59 Å². The number of hydrogen-bond acceptors (Lipinski definition) is 3. The molecule has 3 heteroatoms. The van der Waals surface area contributed by atoms with Crippen LogP contribution in [0.1, 0.15) is 51.2 Å². The number of Topliss-reactive ketones (excluding diaryl/α,β-unsaturated/α-hetero) is 1. The van der Waals surface area contributed by atoms with E-state index < -0.39 is 5.41 Å². The minimum Gasteiger partial charge on any atom is -0.465 e. The minimum atomic E-state index is -1.00. The van der Waals surface area contributed by atoms with Gasteiger partial charge in [0.1, 0.15) is 11.2 Å². The molecule has 0 heterocycles. The van der Waals surface area contributed by atoms with E-state index in [0.717, 1.165) is 19.3 Å². The van der Waals surface area contributed by atoms with Crippen LogP contribution in [0, 0.1) is 11.3 Å². The molecule has 1 fully saturated rings. The predicted octanol–water partition coefficient (Wildman–Crippen LogP) is 3.44. The fourth-order valence-corrected chi connectivity index (χ4v) is 4.70. The van der Waals surface area contributed by atoms with Crippen molar-refractivity contribution in [1.82, 2.24) is 0 Å². The molecule has 0 saturated heterocycles. The molecule has 1 aromatic carbocycles. The number of carbonyl (C=O) groups is 2. The highest BCUT2D eigenvalue weighted by molar-refractivity contribution is 6.04. The molecule has 22 heavy (non-hydrogen) atoms. The van der Waals surface area contributed by atoms with Crippen molar-refractivity contribution in [2.45, 2.75) is 51.9 Å². The Kier molecular flexibility index (Phi) is 3.62. The van der Waals surface area contributed by atoms with E-state index in [2.05, 4.69) is 31.2 Å². The number of fused-ring (bicyclic) bond motifs is 3. The molecule has 118 valence electrons. The molecular formula is C19H24O3. The predicted molar refractivity (Wildman–Crippen MR) is 84.6 cm³/mol. The second-order valence-corrected chi connectivity index (χ2v) is 7.01. The van der Waals surface area contributed by atoms with Gasteiger partial charge in [0.2, 0.25) is 0 Å². The van der Waals surface area contributed by atoms with Gasteiger partial charge < -0.3 is 4.74 Å². The summed E-state index contributed by atoms with van der Waals surface area (Å²) in [5, 5.41) is 0. The highest BCUT2D eigenvalue weighted by atomic mass is 16.5. The molecule has 3 nitrogen and oxygen atoms in total. The lowest BCUT2D eigenvalue weighted by Gasteiger charge is -2.53. The number of esters is 1. The molecule has 0 N–H and O–H groups in total. The number of hydrogen-bond donors (Lipinski definition) is 0. The highest BCUT2D eigenvalue weighted by Crippen LogP contribution is 2.56. The summed E-state index contributed by atoms with van der Waals surface area (Å²) in [6.45, 7) is 6.15. The van der Waals surface area contributed by atoms with Crippen LogP contribution in [0.2, 0.25) is 0 Å². The Balaban J connectivity index is 2.09. The molecule has 0 aliphatic heterocycles. The number of carbonyl (C=O) groups excluding carboxylic acids is 2. The summed E-state index contributed by atoms with van der Waals surface area (Å²) in [4.78, 5) is 25.2. The maximum atomic E-state index is 12.6. The van der Waals surface area contributed by atoms with E-state index in [1.807, 2.05) is 6.92 Å². The number of aryl methyl sites for hydroxylation is 1. The van der Waals surface area contributed by atoms with Crippen LogP contribution in [-0.2, 0) is 26.2 Å². The molecule has 2 aliphatic rings. The zero-order valence-electron chi connectivity index (χ0n) is 13.6. The van der Waals surface area contributed by atoms with E-state index in [1.165, 1.54) is 11.1 Å². The van der Waals surface area contributed by atoms with E-state index in [4.69, 9.17) is 4.74 Å². The zero-order valence-corrected chi connectivity index (χ0v) is 13.6. The number of ether oxygens (including phenoxy) is 1. The Morgan fingerprint density at radius 1 is 1.27 bits per heavy atom. The van der Waals surface area contributed by atoms with Gasteiger partial charge in [-0.05, 0) is 55.6 Å². The topological polar surface area (TPSA) is 43.4 Å². The lowest BCUT2D eigenvalue weighted by Crippen LogP contribution is -2.57.